The average molecular weight is 405 g/mol. The van der Waals surface area contributed by atoms with Gasteiger partial charge in [0.1, 0.15) is 5.01 Å². The van der Waals surface area contributed by atoms with E-state index in [1.165, 1.54) is 23.5 Å². The van der Waals surface area contributed by atoms with Crippen molar-refractivity contribution in [1.29, 1.82) is 0 Å². The zero-order chi connectivity index (χ0) is 20.9. The number of halogens is 3. The van der Waals surface area contributed by atoms with Crippen LogP contribution in [0.1, 0.15) is 41.2 Å². The van der Waals surface area contributed by atoms with Crippen LogP contribution in [0.25, 0.3) is 22.7 Å². The van der Waals surface area contributed by atoms with E-state index in [-0.39, 0.29) is 0 Å². The lowest BCUT2D eigenvalue weighted by atomic mass is 10.1. The number of aromatic nitrogens is 2. The third-order valence-electron chi connectivity index (χ3n) is 4.12. The Morgan fingerprint density at radius 1 is 1.07 bits per heavy atom. The highest BCUT2D eigenvalue weighted by molar-refractivity contribution is 7.15. The molecule has 0 unspecified atom stereocenters. The minimum absolute atomic E-state index is 0.624. The molecule has 0 N–H and O–H groups in total. The molecule has 28 heavy (non-hydrogen) atoms. The van der Waals surface area contributed by atoms with Crippen LogP contribution in [0.4, 0.5) is 13.2 Å². The molecule has 0 aliphatic carbocycles. The molecule has 0 saturated heterocycles. The van der Waals surface area contributed by atoms with Crippen molar-refractivity contribution in [2.24, 2.45) is 0 Å². The van der Waals surface area contributed by atoms with Crippen LogP contribution in [-0.4, -0.2) is 9.55 Å². The quantitative estimate of drug-likeness (QED) is 0.436. The number of alkyl halides is 3. The Balaban J connectivity index is 0.00000136. The summed E-state index contributed by atoms with van der Waals surface area (Å²) in [6.45, 7) is 14.2. The minimum atomic E-state index is -4.33. The second-order valence-corrected chi connectivity index (χ2v) is 6.88. The van der Waals surface area contributed by atoms with E-state index in [0.29, 0.717) is 17.1 Å². The maximum atomic E-state index is 12.7. The lowest BCUT2D eigenvalue weighted by Crippen LogP contribution is -2.03. The molecular formula is C22H23F3N2S. The van der Waals surface area contributed by atoms with Crippen molar-refractivity contribution in [3.05, 3.63) is 77.1 Å². The summed E-state index contributed by atoms with van der Waals surface area (Å²) in [4.78, 5) is 5.58. The average Bonchev–Trinajstić information content (AvgIpc) is 3.26. The van der Waals surface area contributed by atoms with Crippen LogP contribution in [0.5, 0.6) is 0 Å². The van der Waals surface area contributed by atoms with Gasteiger partial charge in [-0.15, -0.1) is 11.3 Å². The summed E-state index contributed by atoms with van der Waals surface area (Å²) in [5.74, 6) is 0. The van der Waals surface area contributed by atoms with Crippen molar-refractivity contribution in [1.82, 2.24) is 9.55 Å². The number of benzene rings is 1. The zero-order valence-corrected chi connectivity index (χ0v) is 17.0. The standard InChI is InChI=1S/C20H17F3N2S.C2H6/c1-4-14-10-11-25(17(14)5-2)12-18-13(3)24-19(26-18)15-6-8-16(9-7-15)20(21,22)23;1-2/h4-11H,1-2,12H2,3H3;1-2H3. The van der Waals surface area contributed by atoms with Gasteiger partial charge in [-0.1, -0.05) is 45.2 Å². The fourth-order valence-corrected chi connectivity index (χ4v) is 3.77. The van der Waals surface area contributed by atoms with Crippen molar-refractivity contribution < 1.29 is 13.2 Å². The Bertz CT molecular complexity index is 947. The van der Waals surface area contributed by atoms with E-state index in [1.807, 2.05) is 33.0 Å². The number of hydrogen-bond donors (Lipinski definition) is 0. The Morgan fingerprint density at radius 2 is 1.71 bits per heavy atom. The number of aryl methyl sites for hydroxylation is 1. The van der Waals surface area contributed by atoms with Crippen molar-refractivity contribution in [3.8, 4) is 10.6 Å². The topological polar surface area (TPSA) is 17.8 Å². The van der Waals surface area contributed by atoms with E-state index in [9.17, 15) is 13.2 Å². The third-order valence-corrected chi connectivity index (χ3v) is 5.31. The van der Waals surface area contributed by atoms with Gasteiger partial charge in [0.25, 0.3) is 0 Å². The third kappa shape index (κ3) is 4.62. The molecule has 3 aromatic rings. The van der Waals surface area contributed by atoms with Crippen LogP contribution in [0, 0.1) is 6.92 Å². The number of thiazole rings is 1. The van der Waals surface area contributed by atoms with E-state index in [0.717, 1.165) is 34.0 Å². The smallest absolute Gasteiger partial charge is 0.342 e. The normalized spacial score (nSPS) is 10.9. The molecule has 0 radical (unpaired) electrons. The molecule has 2 heterocycles. The van der Waals surface area contributed by atoms with E-state index >= 15 is 0 Å². The molecule has 0 bridgehead atoms. The van der Waals surface area contributed by atoms with Gasteiger partial charge in [0.15, 0.2) is 0 Å². The highest BCUT2D eigenvalue weighted by Crippen LogP contribution is 2.33. The zero-order valence-electron chi connectivity index (χ0n) is 16.2. The summed E-state index contributed by atoms with van der Waals surface area (Å²) < 4.78 is 40.2. The summed E-state index contributed by atoms with van der Waals surface area (Å²) in [7, 11) is 0. The fraction of sp³-hybridized carbons (Fsp3) is 0.227. The van der Waals surface area contributed by atoms with Crippen molar-refractivity contribution >= 4 is 23.5 Å². The first-order valence-electron chi connectivity index (χ1n) is 8.91. The lowest BCUT2D eigenvalue weighted by Gasteiger charge is -2.06. The Hall–Kier alpha value is -2.60. The summed E-state index contributed by atoms with van der Waals surface area (Å²) in [5.41, 5.74) is 2.87. The van der Waals surface area contributed by atoms with E-state index < -0.39 is 11.7 Å². The molecule has 2 nitrogen and oxygen atoms in total. The second kappa shape index (κ2) is 9.06. The molecule has 2 aromatic heterocycles. The molecular weight excluding hydrogens is 381 g/mol. The van der Waals surface area contributed by atoms with Gasteiger partial charge >= 0.3 is 6.18 Å². The van der Waals surface area contributed by atoms with Gasteiger partial charge in [-0.25, -0.2) is 4.98 Å². The first kappa shape index (κ1) is 21.7. The van der Waals surface area contributed by atoms with Gasteiger partial charge in [0.05, 0.1) is 17.8 Å². The predicted molar refractivity (Wildman–Crippen MR) is 112 cm³/mol. The largest absolute Gasteiger partial charge is 0.416 e. The van der Waals surface area contributed by atoms with Gasteiger partial charge < -0.3 is 4.57 Å². The van der Waals surface area contributed by atoms with Gasteiger partial charge in [-0.2, -0.15) is 13.2 Å². The molecule has 3 rings (SSSR count). The van der Waals surface area contributed by atoms with Crippen LogP contribution < -0.4 is 0 Å². The number of rotatable bonds is 5. The molecule has 0 saturated carbocycles. The van der Waals surface area contributed by atoms with Crippen molar-refractivity contribution in [2.45, 2.75) is 33.5 Å². The van der Waals surface area contributed by atoms with Crippen LogP contribution in [0.3, 0.4) is 0 Å². The minimum Gasteiger partial charge on any atom is -0.342 e. The molecule has 0 spiro atoms. The van der Waals surface area contributed by atoms with Crippen molar-refractivity contribution in [3.63, 3.8) is 0 Å². The molecule has 0 aliphatic rings. The molecule has 0 aliphatic heterocycles. The van der Waals surface area contributed by atoms with Gasteiger partial charge in [-0.05, 0) is 36.8 Å². The lowest BCUT2D eigenvalue weighted by molar-refractivity contribution is -0.137. The summed E-state index contributed by atoms with van der Waals surface area (Å²) in [6, 6.07) is 7.07. The first-order chi connectivity index (χ1) is 13.3. The highest BCUT2D eigenvalue weighted by atomic mass is 32.1. The molecule has 1 aromatic carbocycles. The fourth-order valence-electron chi connectivity index (χ4n) is 2.70. The molecule has 148 valence electrons. The molecule has 0 amide bonds. The van der Waals surface area contributed by atoms with Crippen LogP contribution in [-0.2, 0) is 12.7 Å². The predicted octanol–water partition coefficient (Wildman–Crippen LogP) is 7.30. The number of nitrogens with zero attached hydrogens (tertiary/aromatic N) is 2. The Morgan fingerprint density at radius 3 is 2.25 bits per heavy atom. The van der Waals surface area contributed by atoms with E-state index in [1.54, 1.807) is 12.2 Å². The number of hydrogen-bond acceptors (Lipinski definition) is 2. The maximum Gasteiger partial charge on any atom is 0.416 e. The summed E-state index contributed by atoms with van der Waals surface area (Å²) in [6.07, 6.45) is 1.19. The first-order valence-corrected chi connectivity index (χ1v) is 9.73. The Labute approximate surface area is 167 Å². The van der Waals surface area contributed by atoms with Gasteiger partial charge in [0.2, 0.25) is 0 Å². The second-order valence-electron chi connectivity index (χ2n) is 5.80. The maximum absolute atomic E-state index is 12.7. The van der Waals surface area contributed by atoms with E-state index in [2.05, 4.69) is 22.7 Å². The molecule has 0 fully saturated rings. The molecule has 6 heteroatoms. The SMILES string of the molecule is C=Cc1ccn(Cc2sc(-c3ccc(C(F)(F)F)cc3)nc2C)c1C=C.CC. The highest BCUT2D eigenvalue weighted by Gasteiger charge is 2.30. The molecule has 0 atom stereocenters. The van der Waals surface area contributed by atoms with Gasteiger partial charge in [0, 0.05) is 22.3 Å². The summed E-state index contributed by atoms with van der Waals surface area (Å²) in [5, 5.41) is 0.711. The monoisotopic (exact) mass is 404 g/mol. The van der Waals surface area contributed by atoms with Crippen molar-refractivity contribution in [2.75, 3.05) is 0 Å². The van der Waals surface area contributed by atoms with Crippen LogP contribution in [0.15, 0.2) is 49.7 Å². The van der Waals surface area contributed by atoms with Crippen LogP contribution in [0.2, 0.25) is 0 Å². The van der Waals surface area contributed by atoms with Crippen LogP contribution >= 0.6 is 11.3 Å². The van der Waals surface area contributed by atoms with Gasteiger partial charge in [-0.3, -0.25) is 0 Å². The van der Waals surface area contributed by atoms with E-state index in [4.69, 9.17) is 0 Å². The summed E-state index contributed by atoms with van der Waals surface area (Å²) >= 11 is 1.48. The Kier molecular flexibility index (Phi) is 7.02.